The second-order valence-corrected chi connectivity index (χ2v) is 8.91. The van der Waals surface area contributed by atoms with Gasteiger partial charge in [-0.25, -0.2) is 8.42 Å². The zero-order valence-electron chi connectivity index (χ0n) is 16.0. The molecule has 1 saturated heterocycles. The molecule has 2 aromatic rings. The van der Waals surface area contributed by atoms with E-state index in [0.29, 0.717) is 50.4 Å². The Labute approximate surface area is 160 Å². The van der Waals surface area contributed by atoms with E-state index in [2.05, 4.69) is 10.2 Å². The molecular weight excluding hydrogens is 364 g/mol. The second-order valence-electron chi connectivity index (χ2n) is 7.03. The summed E-state index contributed by atoms with van der Waals surface area (Å²) >= 11 is 0. The van der Waals surface area contributed by atoms with Crippen LogP contribution >= 0.6 is 0 Å². The van der Waals surface area contributed by atoms with Crippen molar-refractivity contribution in [1.82, 2.24) is 19.4 Å². The molecule has 0 unspecified atom stereocenters. The Morgan fingerprint density at radius 2 is 1.70 bits per heavy atom. The van der Waals surface area contributed by atoms with Crippen molar-refractivity contribution in [3.05, 3.63) is 46.8 Å². The van der Waals surface area contributed by atoms with Gasteiger partial charge in [0.2, 0.25) is 15.9 Å². The van der Waals surface area contributed by atoms with E-state index in [1.165, 1.54) is 9.87 Å². The zero-order valence-corrected chi connectivity index (χ0v) is 16.8. The third kappa shape index (κ3) is 4.22. The first kappa shape index (κ1) is 19.6. The minimum atomic E-state index is -3.59. The predicted molar refractivity (Wildman–Crippen MR) is 103 cm³/mol. The molecule has 1 aromatic carbocycles. The van der Waals surface area contributed by atoms with Crippen LogP contribution in [0.3, 0.4) is 0 Å². The summed E-state index contributed by atoms with van der Waals surface area (Å²) in [4.78, 5) is 14.5. The molecule has 0 bridgehead atoms. The van der Waals surface area contributed by atoms with Crippen LogP contribution in [0, 0.1) is 20.8 Å². The maximum absolute atomic E-state index is 12.9. The van der Waals surface area contributed by atoms with Crippen LogP contribution in [0.1, 0.15) is 28.9 Å². The first-order valence-electron chi connectivity index (χ1n) is 9.14. The molecule has 1 aromatic heterocycles. The highest BCUT2D eigenvalue weighted by Crippen LogP contribution is 2.23. The number of sulfonamides is 1. The fourth-order valence-electron chi connectivity index (χ4n) is 3.39. The van der Waals surface area contributed by atoms with E-state index in [1.807, 2.05) is 31.2 Å². The Morgan fingerprint density at radius 1 is 1.07 bits per heavy atom. The number of piperazine rings is 1. The molecule has 27 heavy (non-hydrogen) atoms. The SMILES string of the molecule is Cc1ccc(CCC(=O)N2CCN(S(=O)(=O)c3c(C)n[nH]c3C)CC2)cc1. The number of nitrogens with one attached hydrogen (secondary N) is 1. The quantitative estimate of drug-likeness (QED) is 0.843. The summed E-state index contributed by atoms with van der Waals surface area (Å²) in [5, 5.41) is 6.71. The molecule has 0 spiro atoms. The van der Waals surface area contributed by atoms with Gasteiger partial charge in [-0.2, -0.15) is 9.40 Å². The van der Waals surface area contributed by atoms with Crippen LogP contribution in [0.4, 0.5) is 0 Å². The molecule has 1 aliphatic rings. The molecule has 1 amide bonds. The van der Waals surface area contributed by atoms with Gasteiger partial charge in [-0.3, -0.25) is 9.89 Å². The first-order chi connectivity index (χ1) is 12.8. The van der Waals surface area contributed by atoms with Gasteiger partial charge in [0.15, 0.2) is 0 Å². The summed E-state index contributed by atoms with van der Waals surface area (Å²) in [5.74, 6) is 0.0725. The van der Waals surface area contributed by atoms with Crippen LogP contribution in [-0.4, -0.2) is 59.9 Å². The lowest BCUT2D eigenvalue weighted by Crippen LogP contribution is -2.50. The van der Waals surface area contributed by atoms with Crippen LogP contribution in [0.15, 0.2) is 29.2 Å². The smallest absolute Gasteiger partial charge is 0.246 e. The lowest BCUT2D eigenvalue weighted by atomic mass is 10.1. The largest absolute Gasteiger partial charge is 0.340 e. The average Bonchev–Trinajstić information content (AvgIpc) is 3.00. The summed E-state index contributed by atoms with van der Waals surface area (Å²) in [6, 6.07) is 8.18. The number of hydrogen-bond donors (Lipinski definition) is 1. The van der Waals surface area contributed by atoms with E-state index in [-0.39, 0.29) is 10.8 Å². The fraction of sp³-hybridized carbons (Fsp3) is 0.474. The van der Waals surface area contributed by atoms with Crippen molar-refractivity contribution in [2.45, 2.75) is 38.5 Å². The molecule has 1 aliphatic heterocycles. The number of amides is 1. The number of nitrogens with zero attached hydrogens (tertiary/aromatic N) is 3. The van der Waals surface area contributed by atoms with E-state index in [1.54, 1.807) is 18.7 Å². The Morgan fingerprint density at radius 3 is 2.26 bits per heavy atom. The van der Waals surface area contributed by atoms with Gasteiger partial charge in [-0.05, 0) is 32.8 Å². The van der Waals surface area contributed by atoms with Crippen LogP contribution in [0.5, 0.6) is 0 Å². The van der Waals surface area contributed by atoms with E-state index in [0.717, 1.165) is 5.56 Å². The molecule has 1 N–H and O–H groups in total. The van der Waals surface area contributed by atoms with Crippen molar-refractivity contribution in [3.8, 4) is 0 Å². The molecule has 0 radical (unpaired) electrons. The Balaban J connectivity index is 1.56. The predicted octanol–water partition coefficient (Wildman–Crippen LogP) is 1.80. The van der Waals surface area contributed by atoms with Gasteiger partial charge in [0.25, 0.3) is 0 Å². The number of carbonyl (C=O) groups is 1. The summed E-state index contributed by atoms with van der Waals surface area (Å²) in [5.41, 5.74) is 3.36. The average molecular weight is 391 g/mol. The molecule has 1 fully saturated rings. The Kier molecular flexibility index (Phi) is 5.67. The van der Waals surface area contributed by atoms with E-state index in [9.17, 15) is 13.2 Å². The van der Waals surface area contributed by atoms with Gasteiger partial charge in [0.05, 0.1) is 11.4 Å². The lowest BCUT2D eigenvalue weighted by molar-refractivity contribution is -0.132. The fourth-order valence-corrected chi connectivity index (χ4v) is 5.15. The van der Waals surface area contributed by atoms with Crippen LogP contribution < -0.4 is 0 Å². The number of carbonyl (C=O) groups excluding carboxylic acids is 1. The highest BCUT2D eigenvalue weighted by molar-refractivity contribution is 7.89. The third-order valence-electron chi connectivity index (χ3n) is 5.00. The number of aromatic amines is 1. The summed E-state index contributed by atoms with van der Waals surface area (Å²) in [7, 11) is -3.59. The topological polar surface area (TPSA) is 86.4 Å². The molecule has 8 heteroatoms. The lowest BCUT2D eigenvalue weighted by Gasteiger charge is -2.34. The van der Waals surface area contributed by atoms with Gasteiger partial charge in [0.1, 0.15) is 4.90 Å². The van der Waals surface area contributed by atoms with Crippen LogP contribution in [0.25, 0.3) is 0 Å². The molecule has 0 aliphatic carbocycles. The van der Waals surface area contributed by atoms with Gasteiger partial charge in [-0.15, -0.1) is 0 Å². The maximum Gasteiger partial charge on any atom is 0.246 e. The maximum atomic E-state index is 12.9. The highest BCUT2D eigenvalue weighted by Gasteiger charge is 2.33. The van der Waals surface area contributed by atoms with Crippen molar-refractivity contribution in [1.29, 1.82) is 0 Å². The second kappa shape index (κ2) is 7.82. The summed E-state index contributed by atoms with van der Waals surface area (Å²) < 4.78 is 27.2. The molecule has 3 rings (SSSR count). The summed E-state index contributed by atoms with van der Waals surface area (Å²) in [6.07, 6.45) is 1.14. The summed E-state index contributed by atoms with van der Waals surface area (Å²) in [6.45, 7) is 6.88. The monoisotopic (exact) mass is 390 g/mol. The standard InChI is InChI=1S/C19H26N4O3S/c1-14-4-6-17(7-5-14)8-9-18(24)22-10-12-23(13-11-22)27(25,26)19-15(2)20-21-16(19)3/h4-7H,8-13H2,1-3H3,(H,20,21). The molecule has 0 atom stereocenters. The van der Waals surface area contributed by atoms with E-state index < -0.39 is 10.0 Å². The minimum Gasteiger partial charge on any atom is -0.340 e. The molecule has 146 valence electrons. The normalized spacial score (nSPS) is 15.9. The molecule has 7 nitrogen and oxygen atoms in total. The minimum absolute atomic E-state index is 0.0725. The van der Waals surface area contributed by atoms with Crippen molar-refractivity contribution in [2.75, 3.05) is 26.2 Å². The number of benzene rings is 1. The Bertz CT molecular complexity index is 891. The van der Waals surface area contributed by atoms with E-state index >= 15 is 0 Å². The number of rotatable bonds is 5. The van der Waals surface area contributed by atoms with Crippen LogP contribution in [-0.2, 0) is 21.2 Å². The first-order valence-corrected chi connectivity index (χ1v) is 10.6. The zero-order chi connectivity index (χ0) is 19.6. The van der Waals surface area contributed by atoms with Gasteiger partial charge in [0, 0.05) is 32.6 Å². The van der Waals surface area contributed by atoms with Gasteiger partial charge >= 0.3 is 0 Å². The molecule has 2 heterocycles. The van der Waals surface area contributed by atoms with E-state index in [4.69, 9.17) is 0 Å². The van der Waals surface area contributed by atoms with Crippen molar-refractivity contribution < 1.29 is 13.2 Å². The van der Waals surface area contributed by atoms with Crippen LogP contribution in [0.2, 0.25) is 0 Å². The van der Waals surface area contributed by atoms with Crippen molar-refractivity contribution in [2.24, 2.45) is 0 Å². The number of hydrogen-bond acceptors (Lipinski definition) is 4. The van der Waals surface area contributed by atoms with Gasteiger partial charge in [-0.1, -0.05) is 29.8 Å². The third-order valence-corrected chi connectivity index (χ3v) is 7.16. The van der Waals surface area contributed by atoms with Crippen molar-refractivity contribution >= 4 is 15.9 Å². The number of aryl methyl sites for hydroxylation is 4. The molecule has 0 saturated carbocycles. The van der Waals surface area contributed by atoms with Crippen molar-refractivity contribution in [3.63, 3.8) is 0 Å². The Hall–Kier alpha value is -2.19. The number of H-pyrrole nitrogens is 1. The number of aromatic nitrogens is 2. The highest BCUT2D eigenvalue weighted by atomic mass is 32.2. The molecular formula is C19H26N4O3S. The van der Waals surface area contributed by atoms with Gasteiger partial charge < -0.3 is 4.90 Å².